The summed E-state index contributed by atoms with van der Waals surface area (Å²) in [5, 5.41) is 3.69. The zero-order chi connectivity index (χ0) is 21.0. The number of carbonyl (C=O) groups excluding carboxylic acids is 1. The molecule has 1 aromatic heterocycles. The predicted octanol–water partition coefficient (Wildman–Crippen LogP) is 5.48. The molecule has 1 heterocycles. The molecule has 3 aromatic rings. The van der Waals surface area contributed by atoms with E-state index in [1.807, 2.05) is 50.2 Å². The third-order valence-corrected chi connectivity index (χ3v) is 4.61. The van der Waals surface area contributed by atoms with Crippen molar-refractivity contribution in [2.24, 2.45) is 0 Å². The van der Waals surface area contributed by atoms with Gasteiger partial charge in [0.05, 0.1) is 28.9 Å². The number of halogens is 1. The van der Waals surface area contributed by atoms with Crippen molar-refractivity contribution >= 4 is 40.0 Å². The van der Waals surface area contributed by atoms with Gasteiger partial charge in [-0.15, -0.1) is 11.6 Å². The number of nitrogen functional groups attached to an aromatic ring is 1. The summed E-state index contributed by atoms with van der Waals surface area (Å²) < 4.78 is 13.0. The molecular formula is C22H26ClN3O3. The molecule has 0 fully saturated rings. The van der Waals surface area contributed by atoms with E-state index in [0.29, 0.717) is 11.4 Å². The van der Waals surface area contributed by atoms with Gasteiger partial charge < -0.3 is 19.8 Å². The Morgan fingerprint density at radius 1 is 1.24 bits per heavy atom. The maximum absolute atomic E-state index is 11.8. The van der Waals surface area contributed by atoms with Crippen molar-refractivity contribution in [1.82, 2.24) is 4.57 Å². The number of carbonyl (C=O) groups is 1. The second-order valence-corrected chi connectivity index (χ2v) is 7.26. The van der Waals surface area contributed by atoms with Crippen LogP contribution in [0.15, 0.2) is 42.5 Å². The fraction of sp³-hybridized carbons (Fsp3) is 0.318. The van der Waals surface area contributed by atoms with Crippen LogP contribution < -0.4 is 15.8 Å². The van der Waals surface area contributed by atoms with E-state index >= 15 is 0 Å². The molecule has 2 aromatic carbocycles. The zero-order valence-corrected chi connectivity index (χ0v) is 17.6. The molecule has 0 aliphatic heterocycles. The van der Waals surface area contributed by atoms with E-state index in [2.05, 4.69) is 16.8 Å². The topological polar surface area (TPSA) is 78.5 Å². The van der Waals surface area contributed by atoms with Gasteiger partial charge in [-0.3, -0.25) is 5.32 Å². The monoisotopic (exact) mass is 415 g/mol. The average molecular weight is 416 g/mol. The molecule has 1 amide bonds. The molecule has 3 rings (SSSR count). The molecule has 0 aliphatic carbocycles. The van der Waals surface area contributed by atoms with E-state index in [4.69, 9.17) is 26.8 Å². The maximum Gasteiger partial charge on any atom is 0.411 e. The van der Waals surface area contributed by atoms with Crippen molar-refractivity contribution in [2.45, 2.75) is 33.4 Å². The highest BCUT2D eigenvalue weighted by molar-refractivity contribution is 6.18. The van der Waals surface area contributed by atoms with Crippen LogP contribution in [0.2, 0.25) is 0 Å². The predicted molar refractivity (Wildman–Crippen MR) is 119 cm³/mol. The molecule has 154 valence electrons. The minimum absolute atomic E-state index is 0.0932. The van der Waals surface area contributed by atoms with Crippen LogP contribution in [0.1, 0.15) is 20.8 Å². The number of anilines is 2. The summed E-state index contributed by atoms with van der Waals surface area (Å²) in [6.07, 6.45) is -0.446. The Morgan fingerprint density at radius 3 is 2.72 bits per heavy atom. The SMILES string of the molecule is CCn1c(-c2cccc(NC(=O)OCCCl)c2)c(N)c2ccc(OC(C)C)cc21. The highest BCUT2D eigenvalue weighted by Gasteiger charge is 2.17. The lowest BCUT2D eigenvalue weighted by Crippen LogP contribution is -2.14. The van der Waals surface area contributed by atoms with Gasteiger partial charge in [0.15, 0.2) is 0 Å². The van der Waals surface area contributed by atoms with Gasteiger partial charge >= 0.3 is 6.09 Å². The molecule has 0 atom stereocenters. The van der Waals surface area contributed by atoms with Gasteiger partial charge in [-0.1, -0.05) is 12.1 Å². The Balaban J connectivity index is 2.02. The molecule has 0 saturated carbocycles. The van der Waals surface area contributed by atoms with Crippen molar-refractivity contribution in [3.63, 3.8) is 0 Å². The lowest BCUT2D eigenvalue weighted by Gasteiger charge is -2.12. The number of fused-ring (bicyclic) bond motifs is 1. The number of nitrogens with two attached hydrogens (primary N) is 1. The first kappa shape index (κ1) is 20.9. The third-order valence-electron chi connectivity index (χ3n) is 4.46. The molecule has 3 N–H and O–H groups in total. The van der Waals surface area contributed by atoms with E-state index in [-0.39, 0.29) is 18.6 Å². The van der Waals surface area contributed by atoms with Gasteiger partial charge in [-0.25, -0.2) is 4.79 Å². The molecule has 29 heavy (non-hydrogen) atoms. The lowest BCUT2D eigenvalue weighted by atomic mass is 10.1. The Bertz CT molecular complexity index is 1010. The molecule has 0 saturated heterocycles. The Kier molecular flexibility index (Phi) is 6.54. The van der Waals surface area contributed by atoms with Crippen molar-refractivity contribution in [1.29, 1.82) is 0 Å². The molecule has 0 spiro atoms. The number of nitrogens with one attached hydrogen (secondary N) is 1. The first-order valence-electron chi connectivity index (χ1n) is 9.63. The van der Waals surface area contributed by atoms with Crippen molar-refractivity contribution in [3.05, 3.63) is 42.5 Å². The first-order valence-corrected chi connectivity index (χ1v) is 10.2. The Labute approximate surface area is 175 Å². The Hall–Kier alpha value is -2.86. The van der Waals surface area contributed by atoms with Gasteiger partial charge in [0, 0.05) is 29.2 Å². The quantitative estimate of drug-likeness (QED) is 0.500. The van der Waals surface area contributed by atoms with Crippen LogP contribution in [0, 0.1) is 0 Å². The molecular weight excluding hydrogens is 390 g/mol. The van der Waals surface area contributed by atoms with E-state index in [0.717, 1.165) is 34.5 Å². The zero-order valence-electron chi connectivity index (χ0n) is 16.9. The summed E-state index contributed by atoms with van der Waals surface area (Å²) in [4.78, 5) is 11.8. The fourth-order valence-electron chi connectivity index (χ4n) is 3.37. The largest absolute Gasteiger partial charge is 0.491 e. The molecule has 7 heteroatoms. The minimum Gasteiger partial charge on any atom is -0.491 e. The van der Waals surface area contributed by atoms with Crippen LogP contribution in [0.25, 0.3) is 22.2 Å². The van der Waals surface area contributed by atoms with E-state index in [1.54, 1.807) is 6.07 Å². The minimum atomic E-state index is -0.540. The van der Waals surface area contributed by atoms with Gasteiger partial charge in [-0.2, -0.15) is 0 Å². The van der Waals surface area contributed by atoms with Crippen LogP contribution >= 0.6 is 11.6 Å². The van der Waals surface area contributed by atoms with Crippen molar-refractivity contribution < 1.29 is 14.3 Å². The number of rotatable bonds is 7. The van der Waals surface area contributed by atoms with Crippen molar-refractivity contribution in [2.75, 3.05) is 23.5 Å². The van der Waals surface area contributed by atoms with Crippen LogP contribution in [-0.4, -0.2) is 29.3 Å². The number of benzene rings is 2. The summed E-state index contributed by atoms with van der Waals surface area (Å²) in [5.74, 6) is 1.06. The summed E-state index contributed by atoms with van der Waals surface area (Å²) in [5.41, 5.74) is 10.7. The van der Waals surface area contributed by atoms with E-state index in [1.165, 1.54) is 0 Å². The van der Waals surface area contributed by atoms with E-state index < -0.39 is 6.09 Å². The van der Waals surface area contributed by atoms with Crippen LogP contribution in [0.5, 0.6) is 5.75 Å². The molecule has 6 nitrogen and oxygen atoms in total. The summed E-state index contributed by atoms with van der Waals surface area (Å²) >= 11 is 5.55. The molecule has 0 unspecified atom stereocenters. The number of aryl methyl sites for hydroxylation is 1. The average Bonchev–Trinajstić information content (AvgIpc) is 2.97. The van der Waals surface area contributed by atoms with Crippen molar-refractivity contribution in [3.8, 4) is 17.0 Å². The highest BCUT2D eigenvalue weighted by atomic mass is 35.5. The molecule has 0 bridgehead atoms. The standard InChI is InChI=1S/C22H26ClN3O3/c1-4-26-19-13-17(29-14(2)3)8-9-18(19)20(24)21(26)15-6-5-7-16(12-15)25-22(27)28-11-10-23/h5-9,12-14H,4,10-11,24H2,1-3H3,(H,25,27). The lowest BCUT2D eigenvalue weighted by molar-refractivity contribution is 0.168. The number of hydrogen-bond donors (Lipinski definition) is 2. The van der Waals surface area contributed by atoms with Gasteiger partial charge in [0.25, 0.3) is 0 Å². The van der Waals surface area contributed by atoms with Gasteiger partial charge in [0.1, 0.15) is 12.4 Å². The molecule has 0 aliphatic rings. The van der Waals surface area contributed by atoms with Crippen LogP contribution in [0.4, 0.5) is 16.2 Å². The van der Waals surface area contributed by atoms with Gasteiger partial charge in [0.2, 0.25) is 0 Å². The van der Waals surface area contributed by atoms with Crippen LogP contribution in [0.3, 0.4) is 0 Å². The summed E-state index contributed by atoms with van der Waals surface area (Å²) in [6, 6.07) is 13.5. The number of ether oxygens (including phenoxy) is 2. The fourth-order valence-corrected chi connectivity index (χ4v) is 3.45. The summed E-state index contributed by atoms with van der Waals surface area (Å²) in [7, 11) is 0. The number of nitrogens with zero attached hydrogens (tertiary/aromatic N) is 1. The normalized spacial score (nSPS) is 11.1. The second-order valence-electron chi connectivity index (χ2n) is 6.88. The number of amides is 1. The Morgan fingerprint density at radius 2 is 2.03 bits per heavy atom. The van der Waals surface area contributed by atoms with Crippen LogP contribution in [-0.2, 0) is 11.3 Å². The van der Waals surface area contributed by atoms with E-state index in [9.17, 15) is 4.79 Å². The van der Waals surface area contributed by atoms with Gasteiger partial charge in [-0.05, 0) is 45.0 Å². The molecule has 0 radical (unpaired) electrons. The highest BCUT2D eigenvalue weighted by Crippen LogP contribution is 2.38. The second kappa shape index (κ2) is 9.09. The number of alkyl halides is 1. The first-order chi connectivity index (χ1) is 13.9. The third kappa shape index (κ3) is 4.59. The smallest absolute Gasteiger partial charge is 0.411 e. The summed E-state index contributed by atoms with van der Waals surface area (Å²) in [6.45, 7) is 6.97. The number of aromatic nitrogens is 1. The maximum atomic E-state index is 11.8. The number of hydrogen-bond acceptors (Lipinski definition) is 4.